The van der Waals surface area contributed by atoms with E-state index in [-0.39, 0.29) is 5.60 Å². The van der Waals surface area contributed by atoms with Gasteiger partial charge in [-0.15, -0.1) is 13.2 Å². The van der Waals surface area contributed by atoms with Crippen LogP contribution in [0.3, 0.4) is 0 Å². The van der Waals surface area contributed by atoms with Crippen molar-refractivity contribution in [3.63, 3.8) is 0 Å². The van der Waals surface area contributed by atoms with Gasteiger partial charge in [0, 0.05) is 5.56 Å². The SMILES string of the molecule is C=CCc1ccc(OC2(C)CCC3(C)CCC(C(C)(C)O)CC3C2)c(-c2ccc(O)c(CC=C)c2)c1. The lowest BCUT2D eigenvalue weighted by Crippen LogP contribution is -2.50. The van der Waals surface area contributed by atoms with Crippen LogP contribution < -0.4 is 4.74 Å². The second-order valence-electron chi connectivity index (χ2n) is 12.4. The first kappa shape index (κ1) is 26.5. The summed E-state index contributed by atoms with van der Waals surface area (Å²) in [6, 6.07) is 12.2. The Morgan fingerprint density at radius 2 is 1.78 bits per heavy atom. The van der Waals surface area contributed by atoms with E-state index in [0.29, 0.717) is 29.4 Å². The molecule has 2 aliphatic rings. The van der Waals surface area contributed by atoms with Crippen LogP contribution in [0, 0.1) is 17.3 Å². The molecule has 4 atom stereocenters. The summed E-state index contributed by atoms with van der Waals surface area (Å²) >= 11 is 0. The van der Waals surface area contributed by atoms with E-state index in [1.54, 1.807) is 6.07 Å². The summed E-state index contributed by atoms with van der Waals surface area (Å²) in [6.07, 6.45) is 11.7. The molecule has 0 radical (unpaired) electrons. The fourth-order valence-corrected chi connectivity index (χ4v) is 6.54. The summed E-state index contributed by atoms with van der Waals surface area (Å²) in [5.41, 5.74) is 3.57. The topological polar surface area (TPSA) is 49.7 Å². The first-order chi connectivity index (χ1) is 17.0. The number of ether oxygens (including phenoxy) is 1. The smallest absolute Gasteiger partial charge is 0.127 e. The first-order valence-corrected chi connectivity index (χ1v) is 13.5. The summed E-state index contributed by atoms with van der Waals surface area (Å²) in [6.45, 7) is 16.4. The average Bonchev–Trinajstić information content (AvgIpc) is 2.81. The maximum absolute atomic E-state index is 10.7. The highest BCUT2D eigenvalue weighted by atomic mass is 16.5. The monoisotopic (exact) mass is 488 g/mol. The molecule has 0 saturated heterocycles. The van der Waals surface area contributed by atoms with Gasteiger partial charge in [0.2, 0.25) is 0 Å². The number of phenols is 1. The summed E-state index contributed by atoms with van der Waals surface area (Å²) in [5, 5.41) is 21.1. The Bertz CT molecular complexity index is 1110. The van der Waals surface area contributed by atoms with Crippen LogP contribution >= 0.6 is 0 Å². The van der Waals surface area contributed by atoms with Crippen molar-refractivity contribution in [1.29, 1.82) is 0 Å². The van der Waals surface area contributed by atoms with E-state index >= 15 is 0 Å². The predicted octanol–water partition coefficient (Wildman–Crippen LogP) is 8.03. The molecule has 0 aliphatic heterocycles. The van der Waals surface area contributed by atoms with Crippen molar-refractivity contribution in [3.8, 4) is 22.6 Å². The van der Waals surface area contributed by atoms with Crippen molar-refractivity contribution in [3.05, 3.63) is 72.8 Å². The number of aromatic hydroxyl groups is 1. The molecule has 2 aromatic carbocycles. The number of benzene rings is 2. The zero-order valence-electron chi connectivity index (χ0n) is 22.6. The number of hydrogen-bond donors (Lipinski definition) is 2. The van der Waals surface area contributed by atoms with Crippen molar-refractivity contribution in [2.24, 2.45) is 17.3 Å². The Hall–Kier alpha value is -2.52. The molecule has 0 aromatic heterocycles. The van der Waals surface area contributed by atoms with Gasteiger partial charge in [-0.2, -0.15) is 0 Å². The molecular formula is C33H44O3. The molecule has 2 saturated carbocycles. The van der Waals surface area contributed by atoms with E-state index in [9.17, 15) is 10.2 Å². The van der Waals surface area contributed by atoms with Gasteiger partial charge in [-0.05, 0) is 130 Å². The second-order valence-corrected chi connectivity index (χ2v) is 12.4. The lowest BCUT2D eigenvalue weighted by molar-refractivity contribution is -0.0939. The van der Waals surface area contributed by atoms with Crippen LogP contribution in [0.2, 0.25) is 0 Å². The van der Waals surface area contributed by atoms with Gasteiger partial charge in [0.1, 0.15) is 17.1 Å². The van der Waals surface area contributed by atoms with E-state index in [2.05, 4.69) is 45.2 Å². The van der Waals surface area contributed by atoms with Crippen LogP contribution in [0.5, 0.6) is 11.5 Å². The average molecular weight is 489 g/mol. The molecule has 194 valence electrons. The van der Waals surface area contributed by atoms with E-state index in [1.165, 1.54) is 12.0 Å². The van der Waals surface area contributed by atoms with Crippen molar-refractivity contribution < 1.29 is 14.9 Å². The molecule has 0 bridgehead atoms. The number of hydrogen-bond acceptors (Lipinski definition) is 3. The van der Waals surface area contributed by atoms with E-state index in [0.717, 1.165) is 61.0 Å². The third kappa shape index (κ3) is 5.57. The summed E-state index contributed by atoms with van der Waals surface area (Å²) in [7, 11) is 0. The Morgan fingerprint density at radius 3 is 2.47 bits per heavy atom. The van der Waals surface area contributed by atoms with Crippen molar-refractivity contribution in [1.82, 2.24) is 0 Å². The van der Waals surface area contributed by atoms with Gasteiger partial charge in [-0.1, -0.05) is 31.2 Å². The highest BCUT2D eigenvalue weighted by molar-refractivity contribution is 5.73. The molecular weight excluding hydrogens is 444 g/mol. The third-order valence-corrected chi connectivity index (χ3v) is 9.06. The Morgan fingerprint density at radius 1 is 1.03 bits per heavy atom. The molecule has 3 heteroatoms. The highest BCUT2D eigenvalue weighted by Crippen LogP contribution is 2.56. The van der Waals surface area contributed by atoms with E-state index < -0.39 is 5.60 Å². The van der Waals surface area contributed by atoms with Crippen LogP contribution in [-0.2, 0) is 12.8 Å². The van der Waals surface area contributed by atoms with Gasteiger partial charge in [0.05, 0.1) is 5.60 Å². The normalized spacial score (nSPS) is 28.2. The van der Waals surface area contributed by atoms with Crippen molar-refractivity contribution in [2.75, 3.05) is 0 Å². The lowest BCUT2D eigenvalue weighted by Gasteiger charge is -2.54. The quantitative estimate of drug-likeness (QED) is 0.370. The van der Waals surface area contributed by atoms with E-state index in [1.807, 2.05) is 38.1 Å². The van der Waals surface area contributed by atoms with Gasteiger partial charge < -0.3 is 14.9 Å². The van der Waals surface area contributed by atoms with Gasteiger partial charge in [0.15, 0.2) is 0 Å². The number of rotatable bonds is 8. The van der Waals surface area contributed by atoms with Gasteiger partial charge in [-0.3, -0.25) is 0 Å². The Balaban J connectivity index is 1.65. The molecule has 0 spiro atoms. The number of allylic oxidation sites excluding steroid dienone is 2. The van der Waals surface area contributed by atoms with E-state index in [4.69, 9.17) is 4.74 Å². The minimum atomic E-state index is -0.633. The molecule has 2 fully saturated rings. The first-order valence-electron chi connectivity index (χ1n) is 13.5. The molecule has 0 heterocycles. The standard InChI is InChI=1S/C33H44O3/c1-7-9-23-11-14-30(28(19-23)24-12-13-29(34)25(20-24)10-8-2)36-33(6)18-17-32(5)16-15-26(31(3,4)35)21-27(32)22-33/h7-8,11-14,19-20,26-27,34-35H,1-2,9-10,15-18,21-22H2,3-6H3. The molecule has 2 aromatic rings. The number of phenolic OH excluding ortho intramolecular Hbond substituents is 1. The maximum Gasteiger partial charge on any atom is 0.127 e. The number of fused-ring (bicyclic) bond motifs is 1. The van der Waals surface area contributed by atoms with Crippen LogP contribution in [0.15, 0.2) is 61.7 Å². The molecule has 2 aliphatic carbocycles. The third-order valence-electron chi connectivity index (χ3n) is 9.06. The molecule has 3 nitrogen and oxygen atoms in total. The fourth-order valence-electron chi connectivity index (χ4n) is 6.54. The number of aliphatic hydroxyl groups is 1. The minimum absolute atomic E-state index is 0.263. The van der Waals surface area contributed by atoms with Crippen LogP contribution in [0.25, 0.3) is 11.1 Å². The van der Waals surface area contributed by atoms with Crippen LogP contribution in [0.1, 0.15) is 77.3 Å². The molecule has 4 rings (SSSR count). The Kier molecular flexibility index (Phi) is 7.44. The zero-order valence-corrected chi connectivity index (χ0v) is 22.6. The minimum Gasteiger partial charge on any atom is -0.508 e. The van der Waals surface area contributed by atoms with Gasteiger partial charge in [-0.25, -0.2) is 0 Å². The molecule has 2 N–H and O–H groups in total. The lowest BCUT2D eigenvalue weighted by atomic mass is 9.54. The maximum atomic E-state index is 10.7. The zero-order chi connectivity index (χ0) is 26.1. The van der Waals surface area contributed by atoms with Crippen LogP contribution in [-0.4, -0.2) is 21.4 Å². The Labute approximate surface area is 217 Å². The van der Waals surface area contributed by atoms with Crippen molar-refractivity contribution in [2.45, 2.75) is 90.3 Å². The summed E-state index contributed by atoms with van der Waals surface area (Å²) in [5.74, 6) is 2.06. The molecule has 36 heavy (non-hydrogen) atoms. The summed E-state index contributed by atoms with van der Waals surface area (Å²) < 4.78 is 6.94. The summed E-state index contributed by atoms with van der Waals surface area (Å²) in [4.78, 5) is 0. The predicted molar refractivity (Wildman–Crippen MR) is 149 cm³/mol. The largest absolute Gasteiger partial charge is 0.508 e. The molecule has 0 amide bonds. The fraction of sp³-hybridized carbons (Fsp3) is 0.515. The molecule has 4 unspecified atom stereocenters. The highest BCUT2D eigenvalue weighted by Gasteiger charge is 2.50. The van der Waals surface area contributed by atoms with Crippen molar-refractivity contribution >= 4 is 0 Å². The second kappa shape index (κ2) is 10.1. The van der Waals surface area contributed by atoms with Gasteiger partial charge in [0.25, 0.3) is 0 Å². The van der Waals surface area contributed by atoms with Gasteiger partial charge >= 0.3 is 0 Å². The van der Waals surface area contributed by atoms with Crippen LogP contribution in [0.4, 0.5) is 0 Å².